The molecule has 0 aliphatic carbocycles. The first-order chi connectivity index (χ1) is 9.54. The van der Waals surface area contributed by atoms with Crippen molar-refractivity contribution in [1.29, 1.82) is 0 Å². The van der Waals surface area contributed by atoms with E-state index >= 15 is 0 Å². The second kappa shape index (κ2) is 7.13. The molecule has 110 valence electrons. The number of benzene rings is 1. The summed E-state index contributed by atoms with van der Waals surface area (Å²) in [7, 11) is 0. The van der Waals surface area contributed by atoms with Gasteiger partial charge in [-0.1, -0.05) is 29.3 Å². The second-order valence-electron chi connectivity index (χ2n) is 4.72. The number of nitrogens with one attached hydrogen (secondary N) is 1. The summed E-state index contributed by atoms with van der Waals surface area (Å²) >= 11 is 11.9. The van der Waals surface area contributed by atoms with Gasteiger partial charge < -0.3 is 15.8 Å². The number of nitrogens with two attached hydrogens (primary N) is 1. The van der Waals surface area contributed by atoms with Gasteiger partial charge in [0.15, 0.2) is 0 Å². The number of halogens is 2. The fourth-order valence-electron chi connectivity index (χ4n) is 2.16. The Bertz CT molecular complexity index is 485. The van der Waals surface area contributed by atoms with Crippen molar-refractivity contribution < 1.29 is 9.53 Å². The van der Waals surface area contributed by atoms with Gasteiger partial charge in [0.05, 0.1) is 22.8 Å². The second-order valence-corrected chi connectivity index (χ2v) is 5.54. The summed E-state index contributed by atoms with van der Waals surface area (Å²) in [5.41, 5.74) is 6.15. The lowest BCUT2D eigenvalue weighted by molar-refractivity contribution is -0.0286. The van der Waals surface area contributed by atoms with Crippen LogP contribution in [0.4, 0.5) is 4.79 Å². The van der Waals surface area contributed by atoms with Gasteiger partial charge >= 0.3 is 6.03 Å². The van der Waals surface area contributed by atoms with Gasteiger partial charge in [-0.15, -0.1) is 0 Å². The van der Waals surface area contributed by atoms with Crippen LogP contribution in [0.25, 0.3) is 0 Å². The van der Waals surface area contributed by atoms with Gasteiger partial charge in [0.2, 0.25) is 0 Å². The average molecular weight is 318 g/mol. The highest BCUT2D eigenvalue weighted by Crippen LogP contribution is 2.23. The predicted molar refractivity (Wildman–Crippen MR) is 79.1 cm³/mol. The molecular formula is C13H17Cl2N3O2. The summed E-state index contributed by atoms with van der Waals surface area (Å²) in [6.07, 6.45) is -0.0426. The van der Waals surface area contributed by atoms with Crippen molar-refractivity contribution in [2.45, 2.75) is 12.6 Å². The number of amides is 2. The normalized spacial score (nSPS) is 19.8. The van der Waals surface area contributed by atoms with Gasteiger partial charge in [0.1, 0.15) is 0 Å². The Hall–Kier alpha value is -1.01. The number of urea groups is 1. The van der Waals surface area contributed by atoms with Crippen LogP contribution < -0.4 is 11.1 Å². The van der Waals surface area contributed by atoms with Crippen LogP contribution in [0.2, 0.25) is 10.0 Å². The molecule has 1 atom stereocenters. The molecule has 7 heteroatoms. The van der Waals surface area contributed by atoms with E-state index in [4.69, 9.17) is 33.7 Å². The van der Waals surface area contributed by atoms with Crippen LogP contribution in [0, 0.1) is 0 Å². The molecule has 0 radical (unpaired) electrons. The third-order valence-electron chi connectivity index (χ3n) is 3.12. The van der Waals surface area contributed by atoms with E-state index in [1.807, 2.05) is 12.1 Å². The Balaban J connectivity index is 1.88. The Morgan fingerprint density at radius 2 is 2.25 bits per heavy atom. The van der Waals surface area contributed by atoms with Gasteiger partial charge in [-0.25, -0.2) is 4.79 Å². The minimum atomic E-state index is -0.532. The number of ether oxygens (including phenoxy) is 1. The molecule has 1 heterocycles. The molecule has 1 fully saturated rings. The van der Waals surface area contributed by atoms with Crippen LogP contribution in [0.1, 0.15) is 5.56 Å². The first kappa shape index (κ1) is 15.4. The average Bonchev–Trinajstić information content (AvgIpc) is 2.41. The van der Waals surface area contributed by atoms with Crippen LogP contribution in [-0.4, -0.2) is 43.3 Å². The first-order valence-electron chi connectivity index (χ1n) is 6.36. The minimum Gasteiger partial charge on any atom is -0.374 e. The lowest BCUT2D eigenvalue weighted by Gasteiger charge is -2.33. The molecule has 3 N–H and O–H groups in total. The van der Waals surface area contributed by atoms with E-state index in [2.05, 4.69) is 10.2 Å². The van der Waals surface area contributed by atoms with Gasteiger partial charge in [-0.2, -0.15) is 0 Å². The first-order valence-corrected chi connectivity index (χ1v) is 7.11. The standard InChI is InChI=1S/C13H17Cl2N3O2/c14-11-2-1-9(5-12(11)15)7-18-3-4-20-10(8-18)6-17-13(16)19/h1-2,5,10H,3-4,6-8H2,(H3,16,17,19). The van der Waals surface area contributed by atoms with E-state index in [1.165, 1.54) is 0 Å². The van der Waals surface area contributed by atoms with Crippen molar-refractivity contribution in [1.82, 2.24) is 10.2 Å². The molecule has 2 rings (SSSR count). The van der Waals surface area contributed by atoms with Gasteiger partial charge in [-0.05, 0) is 17.7 Å². The van der Waals surface area contributed by atoms with Crippen molar-refractivity contribution in [2.24, 2.45) is 5.73 Å². The molecule has 1 unspecified atom stereocenters. The maximum absolute atomic E-state index is 10.7. The number of primary amides is 1. The van der Waals surface area contributed by atoms with Gasteiger partial charge in [0, 0.05) is 26.2 Å². The summed E-state index contributed by atoms with van der Waals surface area (Å²) in [5, 5.41) is 3.68. The van der Waals surface area contributed by atoms with E-state index in [1.54, 1.807) is 6.07 Å². The van der Waals surface area contributed by atoms with Crippen LogP contribution in [0.5, 0.6) is 0 Å². The minimum absolute atomic E-state index is 0.0426. The predicted octanol–water partition coefficient (Wildman–Crippen LogP) is 1.86. The molecule has 2 amide bonds. The molecule has 1 aromatic rings. The van der Waals surface area contributed by atoms with E-state index in [0.717, 1.165) is 25.2 Å². The van der Waals surface area contributed by atoms with E-state index in [-0.39, 0.29) is 6.10 Å². The molecule has 0 saturated carbocycles. The fourth-order valence-corrected chi connectivity index (χ4v) is 2.48. The largest absolute Gasteiger partial charge is 0.374 e. The van der Waals surface area contributed by atoms with Crippen molar-refractivity contribution in [2.75, 3.05) is 26.2 Å². The highest BCUT2D eigenvalue weighted by atomic mass is 35.5. The smallest absolute Gasteiger partial charge is 0.312 e. The molecule has 0 bridgehead atoms. The monoisotopic (exact) mass is 317 g/mol. The van der Waals surface area contributed by atoms with Crippen molar-refractivity contribution in [3.05, 3.63) is 33.8 Å². The van der Waals surface area contributed by atoms with E-state index in [9.17, 15) is 4.79 Å². The number of nitrogens with zero attached hydrogens (tertiary/aromatic N) is 1. The Labute approximate surface area is 128 Å². The highest BCUT2D eigenvalue weighted by molar-refractivity contribution is 6.42. The fraction of sp³-hybridized carbons (Fsp3) is 0.462. The number of hydrogen-bond acceptors (Lipinski definition) is 3. The van der Waals surface area contributed by atoms with Crippen molar-refractivity contribution in [3.63, 3.8) is 0 Å². The van der Waals surface area contributed by atoms with E-state index in [0.29, 0.717) is 23.2 Å². The molecule has 0 spiro atoms. The van der Waals surface area contributed by atoms with E-state index < -0.39 is 6.03 Å². The number of morpholine rings is 1. The molecule has 1 saturated heterocycles. The summed E-state index contributed by atoms with van der Waals surface area (Å²) in [6, 6.07) is 5.09. The molecule has 1 aliphatic rings. The molecule has 20 heavy (non-hydrogen) atoms. The topological polar surface area (TPSA) is 67.6 Å². The Kier molecular flexibility index (Phi) is 5.48. The Morgan fingerprint density at radius 1 is 1.45 bits per heavy atom. The SMILES string of the molecule is NC(=O)NCC1CN(Cc2ccc(Cl)c(Cl)c2)CCO1. The summed E-state index contributed by atoms with van der Waals surface area (Å²) in [6.45, 7) is 3.40. The van der Waals surface area contributed by atoms with Gasteiger partial charge in [-0.3, -0.25) is 4.90 Å². The Morgan fingerprint density at radius 3 is 2.95 bits per heavy atom. The lowest BCUT2D eigenvalue weighted by Crippen LogP contribution is -2.47. The van der Waals surface area contributed by atoms with Crippen LogP contribution in [0.15, 0.2) is 18.2 Å². The zero-order valence-electron chi connectivity index (χ0n) is 10.9. The molecule has 1 aromatic carbocycles. The molecule has 1 aliphatic heterocycles. The third kappa shape index (κ3) is 4.52. The number of hydrogen-bond donors (Lipinski definition) is 2. The number of carbonyl (C=O) groups is 1. The summed E-state index contributed by atoms with van der Waals surface area (Å²) < 4.78 is 5.58. The van der Waals surface area contributed by atoms with Crippen LogP contribution in [-0.2, 0) is 11.3 Å². The van der Waals surface area contributed by atoms with Crippen LogP contribution in [0.3, 0.4) is 0 Å². The zero-order chi connectivity index (χ0) is 14.5. The number of rotatable bonds is 4. The van der Waals surface area contributed by atoms with Gasteiger partial charge in [0.25, 0.3) is 0 Å². The zero-order valence-corrected chi connectivity index (χ0v) is 12.5. The quantitative estimate of drug-likeness (QED) is 0.890. The summed E-state index contributed by atoms with van der Waals surface area (Å²) in [4.78, 5) is 12.9. The summed E-state index contributed by atoms with van der Waals surface area (Å²) in [5.74, 6) is 0. The molecule has 0 aromatic heterocycles. The van der Waals surface area contributed by atoms with Crippen LogP contribution >= 0.6 is 23.2 Å². The van der Waals surface area contributed by atoms with Crippen molar-refractivity contribution in [3.8, 4) is 0 Å². The lowest BCUT2D eigenvalue weighted by atomic mass is 10.2. The maximum Gasteiger partial charge on any atom is 0.312 e. The molecular weight excluding hydrogens is 301 g/mol. The maximum atomic E-state index is 10.7. The molecule has 5 nitrogen and oxygen atoms in total. The number of carbonyl (C=O) groups excluding carboxylic acids is 1. The highest BCUT2D eigenvalue weighted by Gasteiger charge is 2.20. The third-order valence-corrected chi connectivity index (χ3v) is 3.86. The van der Waals surface area contributed by atoms with Crippen molar-refractivity contribution >= 4 is 29.2 Å².